The van der Waals surface area contributed by atoms with E-state index in [1.807, 2.05) is 0 Å². The molecule has 8 nitrogen and oxygen atoms in total. The molecule has 0 aliphatic carbocycles. The Morgan fingerprint density at radius 1 is 1.41 bits per heavy atom. The fourth-order valence-corrected chi connectivity index (χ4v) is 1.76. The van der Waals surface area contributed by atoms with Crippen LogP contribution in [0.5, 0.6) is 0 Å². The predicted octanol–water partition coefficient (Wildman–Crippen LogP) is 0.848. The van der Waals surface area contributed by atoms with Gasteiger partial charge in [-0.05, 0) is 13.0 Å². The maximum Gasteiger partial charge on any atom is 0.336 e. The van der Waals surface area contributed by atoms with Crippen molar-refractivity contribution in [1.29, 1.82) is 0 Å². The molecule has 0 spiro atoms. The standard InChI is InChI=1S/C8H7NO7S/c1-4-6(8(10)11)2-5(17(14,15)16)3-7(4)9(12)13/h2-3H,1H3,(H,10,11)(H,14,15,16). The Balaban J connectivity index is 3.71. The molecule has 1 aromatic carbocycles. The molecule has 9 heteroatoms. The highest BCUT2D eigenvalue weighted by Crippen LogP contribution is 2.26. The molecule has 0 radical (unpaired) electrons. The summed E-state index contributed by atoms with van der Waals surface area (Å²) in [6.45, 7) is 1.18. The van der Waals surface area contributed by atoms with Crippen LogP contribution in [0.25, 0.3) is 0 Å². The molecule has 0 heterocycles. The van der Waals surface area contributed by atoms with E-state index in [9.17, 15) is 23.3 Å². The van der Waals surface area contributed by atoms with E-state index in [0.717, 1.165) is 0 Å². The second kappa shape index (κ2) is 4.11. The van der Waals surface area contributed by atoms with Gasteiger partial charge in [0.15, 0.2) is 0 Å². The minimum Gasteiger partial charge on any atom is -0.478 e. The van der Waals surface area contributed by atoms with E-state index in [1.54, 1.807) is 0 Å². The zero-order valence-electron chi connectivity index (χ0n) is 8.45. The van der Waals surface area contributed by atoms with Crippen LogP contribution in [0.2, 0.25) is 0 Å². The number of aromatic carboxylic acids is 1. The minimum atomic E-state index is -4.70. The van der Waals surface area contributed by atoms with Crippen LogP contribution in [0.1, 0.15) is 15.9 Å². The molecule has 0 amide bonds. The molecule has 0 aromatic heterocycles. The topological polar surface area (TPSA) is 135 Å². The summed E-state index contributed by atoms with van der Waals surface area (Å²) in [6, 6.07) is 1.27. The van der Waals surface area contributed by atoms with Gasteiger partial charge in [0.2, 0.25) is 0 Å². The van der Waals surface area contributed by atoms with Crippen LogP contribution in [-0.4, -0.2) is 29.0 Å². The van der Waals surface area contributed by atoms with E-state index < -0.39 is 37.2 Å². The van der Waals surface area contributed by atoms with Gasteiger partial charge >= 0.3 is 5.97 Å². The van der Waals surface area contributed by atoms with Crippen LogP contribution in [0, 0.1) is 17.0 Å². The number of nitro groups is 1. The van der Waals surface area contributed by atoms with Gasteiger partial charge in [-0.3, -0.25) is 14.7 Å². The van der Waals surface area contributed by atoms with Gasteiger partial charge in [0.1, 0.15) is 4.90 Å². The number of carboxylic acid groups (broad SMARTS) is 1. The summed E-state index contributed by atoms with van der Waals surface area (Å²) >= 11 is 0. The van der Waals surface area contributed by atoms with Gasteiger partial charge in [-0.1, -0.05) is 0 Å². The third kappa shape index (κ3) is 2.57. The van der Waals surface area contributed by atoms with E-state index in [0.29, 0.717) is 12.1 Å². The first kappa shape index (κ1) is 13.1. The van der Waals surface area contributed by atoms with Crippen molar-refractivity contribution in [3.05, 3.63) is 33.4 Å². The van der Waals surface area contributed by atoms with Crippen molar-refractivity contribution in [1.82, 2.24) is 0 Å². The van der Waals surface area contributed by atoms with Crippen LogP contribution < -0.4 is 0 Å². The lowest BCUT2D eigenvalue weighted by Crippen LogP contribution is -2.07. The molecule has 17 heavy (non-hydrogen) atoms. The van der Waals surface area contributed by atoms with Crippen molar-refractivity contribution in [2.24, 2.45) is 0 Å². The number of carboxylic acids is 1. The molecular formula is C8H7NO7S. The van der Waals surface area contributed by atoms with Crippen LogP contribution in [0.15, 0.2) is 17.0 Å². The molecule has 1 rings (SSSR count). The Hall–Kier alpha value is -2.00. The molecule has 0 aliphatic rings. The molecule has 92 valence electrons. The van der Waals surface area contributed by atoms with Crippen molar-refractivity contribution in [3.8, 4) is 0 Å². The number of benzene rings is 1. The van der Waals surface area contributed by atoms with Gasteiger partial charge in [0.05, 0.1) is 10.5 Å². The average Bonchev–Trinajstić information content (AvgIpc) is 2.14. The fraction of sp³-hybridized carbons (Fsp3) is 0.125. The lowest BCUT2D eigenvalue weighted by Gasteiger charge is -2.04. The third-order valence-electron chi connectivity index (χ3n) is 2.08. The highest BCUT2D eigenvalue weighted by atomic mass is 32.2. The van der Waals surface area contributed by atoms with Crippen LogP contribution >= 0.6 is 0 Å². The van der Waals surface area contributed by atoms with Crippen LogP contribution in [0.3, 0.4) is 0 Å². The van der Waals surface area contributed by atoms with E-state index in [1.165, 1.54) is 6.92 Å². The molecule has 0 aliphatic heterocycles. The van der Waals surface area contributed by atoms with Crippen molar-refractivity contribution >= 4 is 21.8 Å². The fourth-order valence-electron chi connectivity index (χ4n) is 1.23. The molecule has 0 bridgehead atoms. The van der Waals surface area contributed by atoms with Gasteiger partial charge in [0, 0.05) is 11.6 Å². The molecule has 0 unspecified atom stereocenters. The smallest absolute Gasteiger partial charge is 0.336 e. The summed E-state index contributed by atoms with van der Waals surface area (Å²) in [7, 11) is -4.70. The SMILES string of the molecule is Cc1c(C(=O)O)cc(S(=O)(=O)O)cc1[N+](=O)[O-]. The molecule has 2 N–H and O–H groups in total. The number of nitro benzene ring substituents is 1. The monoisotopic (exact) mass is 261 g/mol. The number of hydrogen-bond acceptors (Lipinski definition) is 5. The normalized spacial score (nSPS) is 11.2. The molecule has 0 saturated heterocycles. The average molecular weight is 261 g/mol. The first-order valence-corrected chi connectivity index (χ1v) is 5.58. The highest BCUT2D eigenvalue weighted by Gasteiger charge is 2.24. The first-order valence-electron chi connectivity index (χ1n) is 4.14. The van der Waals surface area contributed by atoms with Gasteiger partial charge < -0.3 is 5.11 Å². The molecule has 1 aromatic rings. The van der Waals surface area contributed by atoms with E-state index in [4.69, 9.17) is 9.66 Å². The third-order valence-corrected chi connectivity index (χ3v) is 2.91. The van der Waals surface area contributed by atoms with Gasteiger partial charge in [-0.2, -0.15) is 8.42 Å². The molecule has 0 saturated carbocycles. The maximum absolute atomic E-state index is 10.8. The predicted molar refractivity (Wildman–Crippen MR) is 54.6 cm³/mol. The lowest BCUT2D eigenvalue weighted by molar-refractivity contribution is -0.385. The summed E-state index contributed by atoms with van der Waals surface area (Å²) in [6.07, 6.45) is 0. The van der Waals surface area contributed by atoms with E-state index in [-0.39, 0.29) is 5.56 Å². The maximum atomic E-state index is 10.8. The van der Waals surface area contributed by atoms with Crippen molar-refractivity contribution in [2.75, 3.05) is 0 Å². The zero-order valence-corrected chi connectivity index (χ0v) is 9.26. The van der Waals surface area contributed by atoms with Gasteiger partial charge in [0.25, 0.3) is 15.8 Å². The number of carbonyl (C=O) groups is 1. The second-order valence-electron chi connectivity index (χ2n) is 3.15. The van der Waals surface area contributed by atoms with E-state index in [2.05, 4.69) is 0 Å². The number of hydrogen-bond donors (Lipinski definition) is 2. The summed E-state index contributed by atoms with van der Waals surface area (Å²) < 4.78 is 30.4. The highest BCUT2D eigenvalue weighted by molar-refractivity contribution is 7.85. The zero-order chi connectivity index (χ0) is 13.4. The van der Waals surface area contributed by atoms with E-state index >= 15 is 0 Å². The summed E-state index contributed by atoms with van der Waals surface area (Å²) in [4.78, 5) is 19.6. The summed E-state index contributed by atoms with van der Waals surface area (Å²) in [5, 5.41) is 19.4. The first-order chi connectivity index (χ1) is 7.64. The Labute approximate surface area is 95.4 Å². The Morgan fingerprint density at radius 2 is 1.94 bits per heavy atom. The van der Waals surface area contributed by atoms with Crippen molar-refractivity contribution in [3.63, 3.8) is 0 Å². The summed E-state index contributed by atoms with van der Waals surface area (Å²) in [5.74, 6) is -1.52. The van der Waals surface area contributed by atoms with Crippen LogP contribution in [-0.2, 0) is 10.1 Å². The molecule has 0 atom stereocenters. The van der Waals surface area contributed by atoms with Crippen LogP contribution in [0.4, 0.5) is 5.69 Å². The quantitative estimate of drug-likeness (QED) is 0.467. The second-order valence-corrected chi connectivity index (χ2v) is 4.57. The lowest BCUT2D eigenvalue weighted by atomic mass is 10.1. The number of rotatable bonds is 3. The Bertz CT molecular complexity index is 569. The Morgan fingerprint density at radius 3 is 2.29 bits per heavy atom. The number of nitrogens with zero attached hydrogens (tertiary/aromatic N) is 1. The summed E-state index contributed by atoms with van der Waals surface area (Å²) in [5.41, 5.74) is -1.42. The Kier molecular flexibility index (Phi) is 3.16. The molecule has 0 fully saturated rings. The van der Waals surface area contributed by atoms with Crippen molar-refractivity contribution in [2.45, 2.75) is 11.8 Å². The molecular weight excluding hydrogens is 254 g/mol. The minimum absolute atomic E-state index is 0.185. The van der Waals surface area contributed by atoms with Gasteiger partial charge in [-0.25, -0.2) is 4.79 Å². The largest absolute Gasteiger partial charge is 0.478 e. The van der Waals surface area contributed by atoms with Crippen molar-refractivity contribution < 1.29 is 27.8 Å². The van der Waals surface area contributed by atoms with Gasteiger partial charge in [-0.15, -0.1) is 0 Å².